The third kappa shape index (κ3) is 5.06. The summed E-state index contributed by atoms with van der Waals surface area (Å²) in [6.45, 7) is 14.8. The molecule has 48 heavy (non-hydrogen) atoms. The van der Waals surface area contributed by atoms with Gasteiger partial charge in [0.25, 0.3) is 5.69 Å². The van der Waals surface area contributed by atoms with Crippen molar-refractivity contribution in [3.05, 3.63) is 62.7 Å². The second kappa shape index (κ2) is 11.6. The smallest absolute Gasteiger partial charge is 0.318 e. The van der Waals surface area contributed by atoms with Crippen LogP contribution in [0, 0.1) is 77.4 Å². The molecule has 1 heterocycles. The number of hydrogen-bond acceptors (Lipinski definition) is 7. The van der Waals surface area contributed by atoms with E-state index in [2.05, 4.69) is 51.7 Å². The molecular weight excluding hydrogens is 608 g/mol. The van der Waals surface area contributed by atoms with E-state index in [1.165, 1.54) is 63.5 Å². The number of nitro benzene ring substituents is 2. The molecule has 1 aromatic carbocycles. The van der Waals surface area contributed by atoms with E-state index in [9.17, 15) is 20.2 Å². The first-order valence-electron chi connectivity index (χ1n) is 18.1. The lowest BCUT2D eigenvalue weighted by Crippen LogP contribution is -2.63. The summed E-state index contributed by atoms with van der Waals surface area (Å²) < 4.78 is 12.5. The summed E-state index contributed by atoms with van der Waals surface area (Å²) in [5, 5.41) is 30.0. The average Bonchev–Trinajstić information content (AvgIpc) is 3.68. The number of aromatic amines is 1. The van der Waals surface area contributed by atoms with Crippen molar-refractivity contribution in [2.75, 3.05) is 0 Å². The maximum atomic E-state index is 11.7. The van der Waals surface area contributed by atoms with Gasteiger partial charge in [0, 0.05) is 11.5 Å². The van der Waals surface area contributed by atoms with Gasteiger partial charge in [0.05, 0.1) is 34.6 Å². The molecule has 1 N–H and O–H groups in total. The van der Waals surface area contributed by atoms with Gasteiger partial charge in [-0.15, -0.1) is 0 Å². The molecule has 10 nitrogen and oxygen atoms in total. The average molecular weight is 661 g/mol. The maximum absolute atomic E-state index is 11.7. The van der Waals surface area contributed by atoms with Crippen molar-refractivity contribution in [3.63, 3.8) is 0 Å². The molecule has 2 aromatic rings. The van der Waals surface area contributed by atoms with Crippen LogP contribution in [0.4, 0.5) is 11.4 Å². The summed E-state index contributed by atoms with van der Waals surface area (Å²) in [6, 6.07) is 3.58. The van der Waals surface area contributed by atoms with Crippen LogP contribution < -0.4 is 9.47 Å². The third-order valence-corrected chi connectivity index (χ3v) is 15.0. The van der Waals surface area contributed by atoms with Crippen molar-refractivity contribution in [3.8, 4) is 11.5 Å². The van der Waals surface area contributed by atoms with Crippen molar-refractivity contribution >= 4 is 11.4 Å². The van der Waals surface area contributed by atoms with Gasteiger partial charge in [0.2, 0.25) is 5.75 Å². The standard InChI is InChI=1S/C38H52N4O6/c1-23(22-47-30-9-7-24(41(43)44)19-29(30)42(45)46)26-11-15-36(4)16-12-28-27(34(26)36)8-10-32-37(28,5)17-13-31-35(2,3)33(14-18-38(31,32)6)48-25-20-39-40-21-25/h7,9,19-22,26-28,31-34H,8,10-18H2,1-6H3,(H,39,40). The minimum absolute atomic E-state index is 0.0399. The first-order valence-corrected chi connectivity index (χ1v) is 18.1. The van der Waals surface area contributed by atoms with Crippen molar-refractivity contribution < 1.29 is 19.3 Å². The fourth-order valence-electron chi connectivity index (χ4n) is 12.9. The van der Waals surface area contributed by atoms with Crippen LogP contribution in [0.5, 0.6) is 11.5 Å². The largest absolute Gasteiger partial charge is 0.487 e. The number of hydrogen-bond donors (Lipinski definition) is 1. The molecule has 0 amide bonds. The van der Waals surface area contributed by atoms with Crippen LogP contribution in [0.3, 0.4) is 0 Å². The SMILES string of the molecule is CC(=COc1ccc([N+](=O)[O-])cc1[N+](=O)[O-])C1CCC2(C)CCC3C(CCC4C3(C)CCC3C(C)(C)C(Oc5cn[nH]c5)CCC34C)C12. The second-order valence-corrected chi connectivity index (χ2v) is 17.4. The predicted octanol–water partition coefficient (Wildman–Crippen LogP) is 9.67. The van der Waals surface area contributed by atoms with Crippen LogP contribution in [-0.2, 0) is 0 Å². The molecule has 0 radical (unpaired) electrons. The van der Waals surface area contributed by atoms with Crippen molar-refractivity contribution in [1.82, 2.24) is 10.2 Å². The Morgan fingerprint density at radius 1 is 0.917 bits per heavy atom. The van der Waals surface area contributed by atoms with E-state index >= 15 is 0 Å². The zero-order chi connectivity index (χ0) is 34.2. The molecule has 1 aromatic heterocycles. The number of aromatic nitrogens is 2. The minimum Gasteiger partial charge on any atom is -0.487 e. The van der Waals surface area contributed by atoms with Crippen LogP contribution >= 0.6 is 0 Å². The van der Waals surface area contributed by atoms with Gasteiger partial charge in [-0.25, -0.2) is 0 Å². The number of fused-ring (bicyclic) bond motifs is 7. The lowest BCUT2D eigenvalue weighted by molar-refractivity contribution is -0.394. The number of ether oxygens (including phenoxy) is 2. The number of nitro groups is 2. The van der Waals surface area contributed by atoms with E-state index < -0.39 is 9.85 Å². The number of nitrogens with zero attached hydrogens (tertiary/aromatic N) is 3. The molecule has 10 unspecified atom stereocenters. The zero-order valence-electron chi connectivity index (χ0n) is 29.4. The van der Waals surface area contributed by atoms with E-state index in [-0.39, 0.29) is 39.5 Å². The van der Waals surface area contributed by atoms with Gasteiger partial charge in [0.1, 0.15) is 6.10 Å². The maximum Gasteiger partial charge on any atom is 0.318 e. The van der Waals surface area contributed by atoms with Gasteiger partial charge in [-0.3, -0.25) is 25.3 Å². The van der Waals surface area contributed by atoms with Crippen LogP contribution in [0.1, 0.15) is 106 Å². The lowest BCUT2D eigenvalue weighted by Gasteiger charge is -2.69. The monoisotopic (exact) mass is 660 g/mol. The first kappa shape index (κ1) is 33.1. The Hall–Kier alpha value is -3.43. The number of non-ortho nitro benzene ring substituents is 1. The summed E-state index contributed by atoms with van der Waals surface area (Å²) in [5.41, 5.74) is 1.38. The van der Waals surface area contributed by atoms with Gasteiger partial charge in [-0.1, -0.05) is 34.6 Å². The van der Waals surface area contributed by atoms with Crippen LogP contribution in [0.2, 0.25) is 0 Å². The molecular formula is C38H52N4O6. The molecule has 0 bridgehead atoms. The number of H-pyrrole nitrogens is 1. The van der Waals surface area contributed by atoms with Crippen molar-refractivity contribution in [2.24, 2.45) is 57.2 Å². The number of rotatable bonds is 7. The summed E-state index contributed by atoms with van der Waals surface area (Å²) in [7, 11) is 0. The van der Waals surface area contributed by atoms with Gasteiger partial charge in [-0.2, -0.15) is 5.10 Å². The topological polar surface area (TPSA) is 133 Å². The first-order chi connectivity index (χ1) is 22.7. The molecule has 10 atom stereocenters. The van der Waals surface area contributed by atoms with Crippen LogP contribution in [0.25, 0.3) is 0 Å². The minimum atomic E-state index is -0.623. The Kier molecular flexibility index (Phi) is 7.98. The summed E-state index contributed by atoms with van der Waals surface area (Å²) in [5.74, 6) is 4.47. The van der Waals surface area contributed by atoms with E-state index in [4.69, 9.17) is 9.47 Å². The molecule has 0 spiro atoms. The Morgan fingerprint density at radius 3 is 2.38 bits per heavy atom. The van der Waals surface area contributed by atoms with E-state index in [1.807, 2.05) is 6.20 Å². The second-order valence-electron chi connectivity index (χ2n) is 17.4. The van der Waals surface area contributed by atoms with Crippen molar-refractivity contribution in [1.29, 1.82) is 0 Å². The Bertz CT molecular complexity index is 1610. The van der Waals surface area contributed by atoms with Gasteiger partial charge < -0.3 is 9.47 Å². The number of benzene rings is 1. The lowest BCUT2D eigenvalue weighted by atomic mass is 9.36. The Morgan fingerprint density at radius 2 is 1.67 bits per heavy atom. The molecule has 5 saturated carbocycles. The molecule has 0 aliphatic heterocycles. The molecule has 5 fully saturated rings. The molecule has 10 heteroatoms. The summed E-state index contributed by atoms with van der Waals surface area (Å²) >= 11 is 0. The number of allylic oxidation sites excluding steroid dienone is 1. The van der Waals surface area contributed by atoms with Crippen LogP contribution in [0.15, 0.2) is 42.4 Å². The highest BCUT2D eigenvalue weighted by atomic mass is 16.6. The molecule has 260 valence electrons. The Balaban J connectivity index is 1.12. The normalized spacial score (nSPS) is 40.1. The summed E-state index contributed by atoms with van der Waals surface area (Å²) in [4.78, 5) is 21.7. The molecule has 5 aliphatic rings. The molecule has 5 aliphatic carbocycles. The zero-order valence-corrected chi connectivity index (χ0v) is 29.4. The molecule has 0 saturated heterocycles. The van der Waals surface area contributed by atoms with Gasteiger partial charge in [-0.05, 0) is 135 Å². The highest BCUT2D eigenvalue weighted by molar-refractivity contribution is 5.53. The van der Waals surface area contributed by atoms with E-state index in [1.54, 1.807) is 12.5 Å². The van der Waals surface area contributed by atoms with Crippen molar-refractivity contribution in [2.45, 2.75) is 112 Å². The predicted molar refractivity (Wildman–Crippen MR) is 182 cm³/mol. The quantitative estimate of drug-likeness (QED) is 0.178. The number of nitrogens with one attached hydrogen (secondary N) is 1. The fourth-order valence-corrected chi connectivity index (χ4v) is 12.9. The fraction of sp³-hybridized carbons (Fsp3) is 0.711. The molecule has 7 rings (SSSR count). The van der Waals surface area contributed by atoms with E-state index in [0.717, 1.165) is 30.2 Å². The van der Waals surface area contributed by atoms with Gasteiger partial charge in [0.15, 0.2) is 5.75 Å². The highest BCUT2D eigenvalue weighted by Crippen LogP contribution is 2.73. The summed E-state index contributed by atoms with van der Waals surface area (Å²) in [6.07, 6.45) is 17.7. The highest BCUT2D eigenvalue weighted by Gasteiger charge is 2.67. The van der Waals surface area contributed by atoms with E-state index in [0.29, 0.717) is 40.9 Å². The Labute approximate surface area is 283 Å². The van der Waals surface area contributed by atoms with Crippen LogP contribution in [-0.4, -0.2) is 26.1 Å². The third-order valence-electron chi connectivity index (χ3n) is 15.0. The van der Waals surface area contributed by atoms with Gasteiger partial charge >= 0.3 is 5.69 Å².